The van der Waals surface area contributed by atoms with Crippen LogP contribution in [0.4, 0.5) is 13.2 Å². The summed E-state index contributed by atoms with van der Waals surface area (Å²) in [6.07, 6.45) is -2.46. The molecule has 1 unspecified atom stereocenters. The standard InChI is InChI=1S/C18H24F3N5O3/c1-11(27)24-7-8-25(14(9-24)17(29)22-2)15(28)10-26-13-6-4-3-5-12(13)16(23-26)18(19,20)21/h14H,3-10H2,1-2H3,(H,22,29). The van der Waals surface area contributed by atoms with Gasteiger partial charge in [0.15, 0.2) is 5.69 Å². The third kappa shape index (κ3) is 4.23. The first kappa shape index (κ1) is 21.1. The van der Waals surface area contributed by atoms with Gasteiger partial charge in [-0.25, -0.2) is 0 Å². The molecule has 1 aromatic rings. The Morgan fingerprint density at radius 3 is 2.48 bits per heavy atom. The molecule has 0 saturated carbocycles. The Balaban J connectivity index is 1.85. The van der Waals surface area contributed by atoms with Gasteiger partial charge in [-0.15, -0.1) is 0 Å². The molecule has 0 radical (unpaired) electrons. The van der Waals surface area contributed by atoms with Crippen LogP contribution in [0.1, 0.15) is 36.7 Å². The molecular formula is C18H24F3N5O3. The number of rotatable bonds is 3. The van der Waals surface area contributed by atoms with Gasteiger partial charge >= 0.3 is 6.18 Å². The lowest BCUT2D eigenvalue weighted by Crippen LogP contribution is -2.61. The fraction of sp³-hybridized carbons (Fsp3) is 0.667. The Hall–Kier alpha value is -2.59. The number of nitrogens with zero attached hydrogens (tertiary/aromatic N) is 4. The van der Waals surface area contributed by atoms with Crippen molar-refractivity contribution in [2.75, 3.05) is 26.7 Å². The molecule has 1 aliphatic carbocycles. The molecule has 1 aliphatic heterocycles. The number of halogens is 3. The van der Waals surface area contributed by atoms with Crippen LogP contribution < -0.4 is 5.32 Å². The summed E-state index contributed by atoms with van der Waals surface area (Å²) in [6, 6.07) is -0.890. The van der Waals surface area contributed by atoms with Gasteiger partial charge in [-0.2, -0.15) is 18.3 Å². The van der Waals surface area contributed by atoms with Gasteiger partial charge in [0.25, 0.3) is 0 Å². The molecule has 0 aromatic carbocycles. The first-order valence-electron chi connectivity index (χ1n) is 9.55. The van der Waals surface area contributed by atoms with Crippen molar-refractivity contribution in [2.24, 2.45) is 0 Å². The van der Waals surface area contributed by atoms with Crippen LogP contribution in [0.5, 0.6) is 0 Å². The summed E-state index contributed by atoms with van der Waals surface area (Å²) >= 11 is 0. The number of nitrogens with one attached hydrogen (secondary N) is 1. The third-order valence-electron chi connectivity index (χ3n) is 5.51. The van der Waals surface area contributed by atoms with E-state index in [1.54, 1.807) is 0 Å². The molecule has 11 heteroatoms. The van der Waals surface area contributed by atoms with E-state index < -0.39 is 29.7 Å². The summed E-state index contributed by atoms with van der Waals surface area (Å²) in [4.78, 5) is 39.6. The minimum Gasteiger partial charge on any atom is -0.357 e. The van der Waals surface area contributed by atoms with E-state index in [2.05, 4.69) is 10.4 Å². The molecular weight excluding hydrogens is 391 g/mol. The Bertz CT molecular complexity index is 820. The Labute approximate surface area is 166 Å². The van der Waals surface area contributed by atoms with Crippen LogP contribution in [-0.2, 0) is 39.9 Å². The quantitative estimate of drug-likeness (QED) is 0.783. The number of amides is 3. The largest absolute Gasteiger partial charge is 0.435 e. The fourth-order valence-corrected chi connectivity index (χ4v) is 4.01. The van der Waals surface area contributed by atoms with Crippen molar-refractivity contribution < 1.29 is 27.6 Å². The lowest BCUT2D eigenvalue weighted by Gasteiger charge is -2.40. The fourth-order valence-electron chi connectivity index (χ4n) is 4.01. The molecule has 1 saturated heterocycles. The molecule has 1 N–H and O–H groups in total. The highest BCUT2D eigenvalue weighted by Crippen LogP contribution is 2.35. The molecule has 0 bridgehead atoms. The predicted octanol–water partition coefficient (Wildman–Crippen LogP) is 0.586. The monoisotopic (exact) mass is 415 g/mol. The molecule has 1 fully saturated rings. The van der Waals surface area contributed by atoms with Crippen molar-refractivity contribution in [2.45, 2.75) is 51.4 Å². The van der Waals surface area contributed by atoms with Crippen molar-refractivity contribution in [1.82, 2.24) is 24.9 Å². The highest BCUT2D eigenvalue weighted by atomic mass is 19.4. The summed E-state index contributed by atoms with van der Waals surface area (Å²) in [5, 5.41) is 6.19. The molecule has 3 amide bonds. The second kappa shape index (κ2) is 8.03. The first-order chi connectivity index (χ1) is 13.6. The van der Waals surface area contributed by atoms with Crippen molar-refractivity contribution in [1.29, 1.82) is 0 Å². The van der Waals surface area contributed by atoms with Gasteiger partial charge in [0.1, 0.15) is 12.6 Å². The molecule has 3 rings (SSSR count). The number of hydrogen-bond acceptors (Lipinski definition) is 4. The topological polar surface area (TPSA) is 87.5 Å². The second-order valence-electron chi connectivity index (χ2n) is 7.32. The van der Waals surface area contributed by atoms with E-state index in [1.807, 2.05) is 0 Å². The number of carbonyl (C=O) groups is 3. The minimum absolute atomic E-state index is 0.0474. The Morgan fingerprint density at radius 2 is 1.86 bits per heavy atom. The first-order valence-corrected chi connectivity index (χ1v) is 9.55. The zero-order chi connectivity index (χ0) is 21.3. The van der Waals surface area contributed by atoms with Gasteiger partial charge < -0.3 is 15.1 Å². The Kier molecular flexibility index (Phi) is 5.85. The summed E-state index contributed by atoms with van der Waals surface area (Å²) in [5.41, 5.74) is -0.319. The molecule has 8 nitrogen and oxygen atoms in total. The SMILES string of the molecule is CNC(=O)C1CN(C(C)=O)CCN1C(=O)Cn1nc(C(F)(F)F)c2c1CCCC2. The summed E-state index contributed by atoms with van der Waals surface area (Å²) in [6.45, 7) is 1.45. The van der Waals surface area contributed by atoms with Crippen molar-refractivity contribution in [3.63, 3.8) is 0 Å². The van der Waals surface area contributed by atoms with E-state index in [0.717, 1.165) is 11.1 Å². The second-order valence-corrected chi connectivity index (χ2v) is 7.32. The lowest BCUT2D eigenvalue weighted by atomic mass is 9.95. The number of alkyl halides is 3. The maximum Gasteiger partial charge on any atom is 0.435 e. The van der Waals surface area contributed by atoms with Gasteiger partial charge in [0, 0.05) is 38.3 Å². The smallest absolute Gasteiger partial charge is 0.357 e. The molecule has 2 aliphatic rings. The van der Waals surface area contributed by atoms with Crippen LogP contribution in [0.15, 0.2) is 0 Å². The van der Waals surface area contributed by atoms with Gasteiger partial charge in [-0.1, -0.05) is 0 Å². The van der Waals surface area contributed by atoms with Crippen LogP contribution in [0, 0.1) is 0 Å². The summed E-state index contributed by atoms with van der Waals surface area (Å²) < 4.78 is 41.2. The summed E-state index contributed by atoms with van der Waals surface area (Å²) in [7, 11) is 1.43. The average Bonchev–Trinajstić information content (AvgIpc) is 3.05. The van der Waals surface area contributed by atoms with Gasteiger partial charge in [0.05, 0.1) is 6.54 Å². The van der Waals surface area contributed by atoms with E-state index in [1.165, 1.54) is 23.8 Å². The van der Waals surface area contributed by atoms with Crippen LogP contribution in [0.25, 0.3) is 0 Å². The highest BCUT2D eigenvalue weighted by molar-refractivity contribution is 5.88. The van der Waals surface area contributed by atoms with Crippen LogP contribution in [0.3, 0.4) is 0 Å². The van der Waals surface area contributed by atoms with Crippen LogP contribution >= 0.6 is 0 Å². The van der Waals surface area contributed by atoms with Gasteiger partial charge in [-0.05, 0) is 25.7 Å². The van der Waals surface area contributed by atoms with E-state index in [-0.39, 0.29) is 44.1 Å². The number of likely N-dealkylation sites (N-methyl/N-ethyl adjacent to an activating group) is 1. The summed E-state index contributed by atoms with van der Waals surface area (Å²) in [5.74, 6) is -1.13. The van der Waals surface area contributed by atoms with Crippen molar-refractivity contribution >= 4 is 17.7 Å². The normalized spacial score (nSPS) is 19.7. The maximum atomic E-state index is 13.4. The maximum absolute atomic E-state index is 13.4. The number of piperazine rings is 1. The van der Waals surface area contributed by atoms with Crippen molar-refractivity contribution in [3.8, 4) is 0 Å². The van der Waals surface area contributed by atoms with Gasteiger partial charge in [0.2, 0.25) is 17.7 Å². The number of carbonyl (C=O) groups excluding carboxylic acids is 3. The highest BCUT2D eigenvalue weighted by Gasteiger charge is 2.41. The minimum atomic E-state index is -4.58. The molecule has 2 heterocycles. The molecule has 1 atom stereocenters. The average molecular weight is 415 g/mol. The number of fused-ring (bicyclic) bond motifs is 1. The number of hydrogen-bond donors (Lipinski definition) is 1. The zero-order valence-electron chi connectivity index (χ0n) is 16.4. The number of aromatic nitrogens is 2. The van der Waals surface area contributed by atoms with Crippen molar-refractivity contribution in [3.05, 3.63) is 17.0 Å². The van der Waals surface area contributed by atoms with E-state index in [9.17, 15) is 27.6 Å². The predicted molar refractivity (Wildman–Crippen MR) is 95.7 cm³/mol. The molecule has 1 aromatic heterocycles. The molecule has 29 heavy (non-hydrogen) atoms. The van der Waals surface area contributed by atoms with E-state index in [4.69, 9.17) is 0 Å². The Morgan fingerprint density at radius 1 is 1.17 bits per heavy atom. The van der Waals surface area contributed by atoms with Gasteiger partial charge in [-0.3, -0.25) is 19.1 Å². The van der Waals surface area contributed by atoms with E-state index >= 15 is 0 Å². The lowest BCUT2D eigenvalue weighted by molar-refractivity contribution is -0.148. The third-order valence-corrected chi connectivity index (χ3v) is 5.51. The molecule has 160 valence electrons. The van der Waals surface area contributed by atoms with E-state index in [0.29, 0.717) is 18.5 Å². The molecule has 0 spiro atoms. The zero-order valence-corrected chi connectivity index (χ0v) is 16.4. The van der Waals surface area contributed by atoms with Crippen LogP contribution in [0.2, 0.25) is 0 Å². The van der Waals surface area contributed by atoms with Crippen LogP contribution in [-0.4, -0.2) is 70.0 Å².